The molecule has 4 rings (SSSR count). The van der Waals surface area contributed by atoms with Crippen molar-refractivity contribution >= 4 is 5.91 Å². The summed E-state index contributed by atoms with van der Waals surface area (Å²) in [5.74, 6) is 2.46. The van der Waals surface area contributed by atoms with E-state index in [0.717, 1.165) is 36.3 Å². The Hall–Kier alpha value is -3.32. The summed E-state index contributed by atoms with van der Waals surface area (Å²) in [7, 11) is 3.17. The molecule has 7 nitrogen and oxygen atoms in total. The topological polar surface area (TPSA) is 65.8 Å². The summed E-state index contributed by atoms with van der Waals surface area (Å²) in [5, 5.41) is 4.76. The summed E-state index contributed by atoms with van der Waals surface area (Å²) in [6.07, 6.45) is 2.32. The van der Waals surface area contributed by atoms with Crippen molar-refractivity contribution in [2.24, 2.45) is 5.92 Å². The number of nitrogens with zero attached hydrogens (tertiary/aromatic N) is 3. The largest absolute Gasteiger partial charge is 0.497 e. The van der Waals surface area contributed by atoms with Gasteiger partial charge in [-0.2, -0.15) is 5.10 Å². The van der Waals surface area contributed by atoms with Crippen molar-refractivity contribution in [3.8, 4) is 23.1 Å². The first-order valence-electron chi connectivity index (χ1n) is 10.8. The van der Waals surface area contributed by atoms with Crippen LogP contribution >= 0.6 is 0 Å². The van der Waals surface area contributed by atoms with Gasteiger partial charge in [-0.15, -0.1) is 0 Å². The lowest BCUT2D eigenvalue weighted by Gasteiger charge is -2.23. The average Bonchev–Trinajstić information content (AvgIpc) is 3.58. The molecule has 1 saturated carbocycles. The molecule has 2 aromatic carbocycles. The number of methoxy groups -OCH3 is 2. The van der Waals surface area contributed by atoms with Gasteiger partial charge in [0, 0.05) is 19.7 Å². The lowest BCUT2D eigenvalue weighted by Crippen LogP contribution is -2.35. The Balaban J connectivity index is 1.73. The minimum atomic E-state index is -0.0291. The lowest BCUT2D eigenvalue weighted by atomic mass is 10.2. The van der Waals surface area contributed by atoms with Gasteiger partial charge in [-0.3, -0.25) is 4.79 Å². The van der Waals surface area contributed by atoms with Crippen LogP contribution in [0.4, 0.5) is 0 Å². The molecule has 0 unspecified atom stereocenters. The van der Waals surface area contributed by atoms with E-state index in [1.807, 2.05) is 66.4 Å². The van der Waals surface area contributed by atoms with E-state index < -0.39 is 0 Å². The van der Waals surface area contributed by atoms with Crippen LogP contribution in [0.25, 0.3) is 5.69 Å². The molecule has 0 saturated heterocycles. The van der Waals surface area contributed by atoms with Crippen LogP contribution in [-0.2, 0) is 16.1 Å². The Kier molecular flexibility index (Phi) is 6.75. The van der Waals surface area contributed by atoms with Crippen molar-refractivity contribution in [1.82, 2.24) is 14.7 Å². The fourth-order valence-electron chi connectivity index (χ4n) is 3.62. The third-order valence-electron chi connectivity index (χ3n) is 5.54. The Labute approximate surface area is 188 Å². The predicted octanol–water partition coefficient (Wildman–Crippen LogP) is 4.37. The van der Waals surface area contributed by atoms with Gasteiger partial charge in [-0.1, -0.05) is 24.3 Å². The molecule has 0 radical (unpaired) electrons. The van der Waals surface area contributed by atoms with Crippen LogP contribution in [0.15, 0.2) is 54.6 Å². The molecule has 0 atom stereocenters. The molecule has 0 N–H and O–H groups in total. The summed E-state index contributed by atoms with van der Waals surface area (Å²) in [6, 6.07) is 17.3. The van der Waals surface area contributed by atoms with Gasteiger partial charge in [0.25, 0.3) is 0 Å². The Morgan fingerprint density at radius 3 is 2.53 bits per heavy atom. The van der Waals surface area contributed by atoms with Crippen molar-refractivity contribution in [2.45, 2.75) is 26.3 Å². The molecule has 168 valence electrons. The molecule has 0 spiro atoms. The number of hydrogen-bond acceptors (Lipinski definition) is 5. The smallest absolute Gasteiger partial charge is 0.248 e. The summed E-state index contributed by atoms with van der Waals surface area (Å²) in [6.45, 7) is 3.14. The highest BCUT2D eigenvalue weighted by atomic mass is 16.5. The van der Waals surface area contributed by atoms with Crippen LogP contribution in [0.1, 0.15) is 24.1 Å². The van der Waals surface area contributed by atoms with Gasteiger partial charge >= 0.3 is 0 Å². The molecular formula is C25H29N3O4. The van der Waals surface area contributed by atoms with Crippen LogP contribution in [-0.4, -0.2) is 48.0 Å². The van der Waals surface area contributed by atoms with Gasteiger partial charge in [-0.25, -0.2) is 4.68 Å². The number of benzene rings is 2. The number of aryl methyl sites for hydroxylation is 1. The van der Waals surface area contributed by atoms with Crippen molar-refractivity contribution in [3.63, 3.8) is 0 Å². The summed E-state index contributed by atoms with van der Waals surface area (Å²) < 4.78 is 18.6. The van der Waals surface area contributed by atoms with Gasteiger partial charge in [0.1, 0.15) is 18.1 Å². The highest BCUT2D eigenvalue weighted by molar-refractivity contribution is 5.77. The number of hydrogen-bond donors (Lipinski definition) is 0. The number of amides is 1. The van der Waals surface area contributed by atoms with E-state index in [1.165, 1.54) is 0 Å². The Morgan fingerprint density at radius 1 is 1.09 bits per heavy atom. The van der Waals surface area contributed by atoms with Gasteiger partial charge < -0.3 is 19.1 Å². The number of carbonyl (C=O) groups excluding carboxylic acids is 1. The lowest BCUT2D eigenvalue weighted by molar-refractivity contribution is -0.136. The molecule has 1 aromatic heterocycles. The van der Waals surface area contributed by atoms with E-state index in [9.17, 15) is 4.79 Å². The van der Waals surface area contributed by atoms with Crippen molar-refractivity contribution in [2.75, 3.05) is 27.4 Å². The minimum absolute atomic E-state index is 0.0291. The van der Waals surface area contributed by atoms with Crippen molar-refractivity contribution in [1.29, 1.82) is 0 Å². The zero-order valence-electron chi connectivity index (χ0n) is 18.8. The number of para-hydroxylation sites is 1. The van der Waals surface area contributed by atoms with E-state index in [4.69, 9.17) is 19.3 Å². The highest BCUT2D eigenvalue weighted by Crippen LogP contribution is 2.35. The van der Waals surface area contributed by atoms with Gasteiger partial charge in [0.15, 0.2) is 0 Å². The fraction of sp³-hybridized carbons (Fsp3) is 0.360. The quantitative estimate of drug-likeness (QED) is 0.473. The molecule has 1 aliphatic rings. The maximum absolute atomic E-state index is 12.8. The fourth-order valence-corrected chi connectivity index (χ4v) is 3.62. The van der Waals surface area contributed by atoms with Crippen LogP contribution in [0, 0.1) is 12.8 Å². The number of rotatable bonds is 10. The van der Waals surface area contributed by atoms with E-state index in [-0.39, 0.29) is 12.5 Å². The zero-order valence-corrected chi connectivity index (χ0v) is 18.8. The second-order valence-corrected chi connectivity index (χ2v) is 8.05. The molecule has 1 fully saturated rings. The summed E-state index contributed by atoms with van der Waals surface area (Å²) >= 11 is 0. The van der Waals surface area contributed by atoms with Crippen LogP contribution in [0.2, 0.25) is 0 Å². The monoisotopic (exact) mass is 435 g/mol. The number of ether oxygens (including phenoxy) is 3. The van der Waals surface area contributed by atoms with Crippen molar-refractivity contribution in [3.05, 3.63) is 65.9 Å². The maximum Gasteiger partial charge on any atom is 0.248 e. The molecule has 0 aliphatic heterocycles. The Morgan fingerprint density at radius 2 is 1.84 bits per heavy atom. The van der Waals surface area contributed by atoms with E-state index in [0.29, 0.717) is 29.8 Å². The SMILES string of the molecule is COCC(=O)N(Cc1c(C)nn(-c2ccccc2)c1Oc1cccc(OC)c1)CC1CC1. The Bertz CT molecular complexity index is 1060. The predicted molar refractivity (Wildman–Crippen MR) is 121 cm³/mol. The van der Waals surface area contributed by atoms with Crippen LogP contribution in [0.3, 0.4) is 0 Å². The minimum Gasteiger partial charge on any atom is -0.497 e. The summed E-state index contributed by atoms with van der Waals surface area (Å²) in [4.78, 5) is 14.6. The first-order chi connectivity index (χ1) is 15.6. The molecule has 3 aromatic rings. The second-order valence-electron chi connectivity index (χ2n) is 8.05. The maximum atomic E-state index is 12.8. The molecule has 7 heteroatoms. The average molecular weight is 436 g/mol. The molecular weight excluding hydrogens is 406 g/mol. The van der Waals surface area contributed by atoms with E-state index >= 15 is 0 Å². The second kappa shape index (κ2) is 9.87. The standard InChI is InChI=1S/C25H29N3O4/c1-18-23(16-27(15-19-12-13-19)24(29)17-30-2)25(28(26-18)20-8-5-4-6-9-20)32-22-11-7-10-21(14-22)31-3/h4-11,14,19H,12-13,15-17H2,1-3H3. The van der Waals surface area contributed by atoms with E-state index in [2.05, 4.69) is 0 Å². The molecule has 1 amide bonds. The highest BCUT2D eigenvalue weighted by Gasteiger charge is 2.29. The molecule has 1 heterocycles. The van der Waals surface area contributed by atoms with Gasteiger partial charge in [0.2, 0.25) is 11.8 Å². The van der Waals surface area contributed by atoms with Gasteiger partial charge in [0.05, 0.1) is 30.6 Å². The number of carbonyl (C=O) groups is 1. The first kappa shape index (κ1) is 21.9. The molecule has 32 heavy (non-hydrogen) atoms. The van der Waals surface area contributed by atoms with Crippen LogP contribution in [0.5, 0.6) is 17.4 Å². The van der Waals surface area contributed by atoms with E-state index in [1.54, 1.807) is 18.9 Å². The third-order valence-corrected chi connectivity index (χ3v) is 5.54. The molecule has 0 bridgehead atoms. The van der Waals surface area contributed by atoms with Gasteiger partial charge in [-0.05, 0) is 49.9 Å². The van der Waals surface area contributed by atoms with Crippen LogP contribution < -0.4 is 9.47 Å². The zero-order chi connectivity index (χ0) is 22.5. The summed E-state index contributed by atoms with van der Waals surface area (Å²) in [5.41, 5.74) is 2.58. The third kappa shape index (κ3) is 5.11. The molecule has 1 aliphatic carbocycles. The first-order valence-corrected chi connectivity index (χ1v) is 10.8. The van der Waals surface area contributed by atoms with Crippen molar-refractivity contribution < 1.29 is 19.0 Å². The number of aromatic nitrogens is 2. The normalized spacial score (nSPS) is 13.1.